The van der Waals surface area contributed by atoms with E-state index in [0.29, 0.717) is 11.4 Å². The first-order valence-electron chi connectivity index (χ1n) is 4.05. The summed E-state index contributed by atoms with van der Waals surface area (Å²) in [7, 11) is 0. The fourth-order valence-electron chi connectivity index (χ4n) is 1.56. The van der Waals surface area contributed by atoms with E-state index in [0.717, 1.165) is 19.3 Å². The summed E-state index contributed by atoms with van der Waals surface area (Å²) in [5.74, 6) is 0. The summed E-state index contributed by atoms with van der Waals surface area (Å²) in [4.78, 5) is 0. The summed E-state index contributed by atoms with van der Waals surface area (Å²) >= 11 is 0. The van der Waals surface area contributed by atoms with Crippen LogP contribution in [0.4, 0.5) is 0 Å². The molecule has 1 saturated carbocycles. The van der Waals surface area contributed by atoms with Gasteiger partial charge in [0.05, 0.1) is 11.4 Å². The molecule has 0 saturated heterocycles. The Balaban J connectivity index is 2.97. The molecular formula is C8H14N2O2. The molecule has 0 aromatic carbocycles. The van der Waals surface area contributed by atoms with Crippen LogP contribution in [-0.4, -0.2) is 21.8 Å². The van der Waals surface area contributed by atoms with Gasteiger partial charge in [-0.05, 0) is 33.1 Å². The SMILES string of the molecule is CC1(C)/C(=N/O)CCC/C1=N\O. The van der Waals surface area contributed by atoms with Gasteiger partial charge in [0.25, 0.3) is 0 Å². The zero-order chi connectivity index (χ0) is 9.19. The lowest BCUT2D eigenvalue weighted by Crippen LogP contribution is -2.37. The van der Waals surface area contributed by atoms with Gasteiger partial charge < -0.3 is 10.4 Å². The van der Waals surface area contributed by atoms with Crippen LogP contribution >= 0.6 is 0 Å². The molecule has 68 valence electrons. The molecular weight excluding hydrogens is 156 g/mol. The molecule has 0 amide bonds. The van der Waals surface area contributed by atoms with E-state index in [1.54, 1.807) is 0 Å². The van der Waals surface area contributed by atoms with Crippen molar-refractivity contribution in [1.29, 1.82) is 0 Å². The van der Waals surface area contributed by atoms with Crippen molar-refractivity contribution in [2.75, 3.05) is 0 Å². The molecule has 12 heavy (non-hydrogen) atoms. The molecule has 0 aromatic heterocycles. The zero-order valence-corrected chi connectivity index (χ0v) is 7.41. The molecule has 0 aromatic rings. The number of nitrogens with zero attached hydrogens (tertiary/aromatic N) is 2. The third-order valence-electron chi connectivity index (χ3n) is 2.51. The Morgan fingerprint density at radius 3 is 1.83 bits per heavy atom. The Labute approximate surface area is 71.6 Å². The molecule has 1 aliphatic rings. The van der Waals surface area contributed by atoms with Crippen LogP contribution < -0.4 is 0 Å². The summed E-state index contributed by atoms with van der Waals surface area (Å²) in [6.07, 6.45) is 2.45. The molecule has 2 N–H and O–H groups in total. The van der Waals surface area contributed by atoms with Crippen molar-refractivity contribution in [2.24, 2.45) is 15.7 Å². The molecule has 0 atom stereocenters. The third kappa shape index (κ3) is 1.29. The molecule has 0 heterocycles. The lowest BCUT2D eigenvalue weighted by Gasteiger charge is -2.30. The van der Waals surface area contributed by atoms with Gasteiger partial charge in [-0.2, -0.15) is 0 Å². The Kier molecular flexibility index (Phi) is 2.35. The first-order chi connectivity index (χ1) is 5.62. The van der Waals surface area contributed by atoms with Gasteiger partial charge >= 0.3 is 0 Å². The van der Waals surface area contributed by atoms with Crippen molar-refractivity contribution in [2.45, 2.75) is 33.1 Å². The van der Waals surface area contributed by atoms with E-state index in [1.807, 2.05) is 13.8 Å². The zero-order valence-electron chi connectivity index (χ0n) is 7.41. The maximum Gasteiger partial charge on any atom is 0.0684 e. The minimum Gasteiger partial charge on any atom is -0.411 e. The number of oxime groups is 2. The molecule has 1 rings (SSSR count). The van der Waals surface area contributed by atoms with Gasteiger partial charge in [-0.1, -0.05) is 10.3 Å². The molecule has 0 aliphatic heterocycles. The Morgan fingerprint density at radius 1 is 1.08 bits per heavy atom. The second-order valence-corrected chi connectivity index (χ2v) is 3.57. The summed E-state index contributed by atoms with van der Waals surface area (Å²) < 4.78 is 0. The normalized spacial score (nSPS) is 29.5. The van der Waals surface area contributed by atoms with Crippen LogP contribution in [0.3, 0.4) is 0 Å². The molecule has 0 spiro atoms. The van der Waals surface area contributed by atoms with Crippen LogP contribution in [0.15, 0.2) is 10.3 Å². The maximum absolute atomic E-state index is 8.69. The fraction of sp³-hybridized carbons (Fsp3) is 0.750. The number of hydrogen-bond donors (Lipinski definition) is 2. The molecule has 0 unspecified atom stereocenters. The van der Waals surface area contributed by atoms with Crippen molar-refractivity contribution in [3.8, 4) is 0 Å². The summed E-state index contributed by atoms with van der Waals surface area (Å²) in [5, 5.41) is 23.8. The standard InChI is InChI=1S/C8H14N2O2/c1-8(2)6(9-11)4-3-5-7(8)10-12/h11-12H,3-5H2,1-2H3/b9-6+,10-7+. The highest BCUT2D eigenvalue weighted by Gasteiger charge is 2.35. The van der Waals surface area contributed by atoms with Gasteiger partial charge in [0.15, 0.2) is 0 Å². The van der Waals surface area contributed by atoms with E-state index in [4.69, 9.17) is 10.4 Å². The van der Waals surface area contributed by atoms with Crippen LogP contribution in [0, 0.1) is 5.41 Å². The average molecular weight is 170 g/mol. The van der Waals surface area contributed by atoms with E-state index in [-0.39, 0.29) is 5.41 Å². The van der Waals surface area contributed by atoms with Crippen LogP contribution in [0.2, 0.25) is 0 Å². The lowest BCUT2D eigenvalue weighted by atomic mass is 9.74. The minimum absolute atomic E-state index is 0.387. The summed E-state index contributed by atoms with van der Waals surface area (Å²) in [5.41, 5.74) is 1.00. The van der Waals surface area contributed by atoms with Crippen molar-refractivity contribution >= 4 is 11.4 Å². The second-order valence-electron chi connectivity index (χ2n) is 3.57. The van der Waals surface area contributed by atoms with Gasteiger partial charge in [-0.25, -0.2) is 0 Å². The van der Waals surface area contributed by atoms with E-state index in [2.05, 4.69) is 10.3 Å². The van der Waals surface area contributed by atoms with Gasteiger partial charge in [0.2, 0.25) is 0 Å². The summed E-state index contributed by atoms with van der Waals surface area (Å²) in [6, 6.07) is 0. The highest BCUT2D eigenvalue weighted by molar-refractivity contribution is 6.12. The van der Waals surface area contributed by atoms with Crippen molar-refractivity contribution in [3.05, 3.63) is 0 Å². The summed E-state index contributed by atoms with van der Waals surface area (Å²) in [6.45, 7) is 3.80. The van der Waals surface area contributed by atoms with E-state index in [1.165, 1.54) is 0 Å². The second kappa shape index (κ2) is 3.13. The molecule has 0 bridgehead atoms. The Morgan fingerprint density at radius 2 is 1.50 bits per heavy atom. The topological polar surface area (TPSA) is 65.2 Å². The minimum atomic E-state index is -0.387. The van der Waals surface area contributed by atoms with Crippen LogP contribution in [0.5, 0.6) is 0 Å². The van der Waals surface area contributed by atoms with Gasteiger partial charge in [-0.3, -0.25) is 0 Å². The number of hydrogen-bond acceptors (Lipinski definition) is 4. The first kappa shape index (κ1) is 9.03. The highest BCUT2D eigenvalue weighted by Crippen LogP contribution is 2.30. The molecule has 4 heteroatoms. The predicted molar refractivity (Wildman–Crippen MR) is 46.1 cm³/mol. The van der Waals surface area contributed by atoms with E-state index in [9.17, 15) is 0 Å². The third-order valence-corrected chi connectivity index (χ3v) is 2.51. The van der Waals surface area contributed by atoms with Crippen molar-refractivity contribution in [3.63, 3.8) is 0 Å². The van der Waals surface area contributed by atoms with Crippen LogP contribution in [0.25, 0.3) is 0 Å². The molecule has 1 aliphatic carbocycles. The predicted octanol–water partition coefficient (Wildman–Crippen LogP) is 1.86. The highest BCUT2D eigenvalue weighted by atomic mass is 16.4. The fourth-order valence-corrected chi connectivity index (χ4v) is 1.56. The van der Waals surface area contributed by atoms with Crippen molar-refractivity contribution in [1.82, 2.24) is 0 Å². The van der Waals surface area contributed by atoms with Gasteiger partial charge in [0.1, 0.15) is 0 Å². The van der Waals surface area contributed by atoms with E-state index >= 15 is 0 Å². The van der Waals surface area contributed by atoms with Gasteiger partial charge in [0, 0.05) is 5.41 Å². The molecule has 0 radical (unpaired) electrons. The molecule has 4 nitrogen and oxygen atoms in total. The Hall–Kier alpha value is -1.06. The maximum atomic E-state index is 8.69. The lowest BCUT2D eigenvalue weighted by molar-refractivity contribution is 0.301. The smallest absolute Gasteiger partial charge is 0.0684 e. The first-order valence-corrected chi connectivity index (χ1v) is 4.05. The van der Waals surface area contributed by atoms with Crippen LogP contribution in [0.1, 0.15) is 33.1 Å². The van der Waals surface area contributed by atoms with E-state index < -0.39 is 0 Å². The largest absolute Gasteiger partial charge is 0.411 e. The van der Waals surface area contributed by atoms with Crippen molar-refractivity contribution < 1.29 is 10.4 Å². The quantitative estimate of drug-likeness (QED) is 0.430. The average Bonchev–Trinajstić information content (AvgIpc) is 2.03. The monoisotopic (exact) mass is 170 g/mol. The molecule has 1 fully saturated rings. The van der Waals surface area contributed by atoms with Crippen LogP contribution in [-0.2, 0) is 0 Å². The van der Waals surface area contributed by atoms with Gasteiger partial charge in [-0.15, -0.1) is 0 Å². The number of rotatable bonds is 0. The Bertz CT molecular complexity index is 209.